The van der Waals surface area contributed by atoms with Gasteiger partial charge in [-0.1, -0.05) is 35.9 Å². The summed E-state index contributed by atoms with van der Waals surface area (Å²) in [6.45, 7) is 1.88. The second-order valence-corrected chi connectivity index (χ2v) is 9.26. The highest BCUT2D eigenvalue weighted by atomic mass is 35.5. The van der Waals surface area contributed by atoms with Crippen molar-refractivity contribution < 1.29 is 28.3 Å². The fourth-order valence-corrected chi connectivity index (χ4v) is 4.13. The van der Waals surface area contributed by atoms with Crippen LogP contribution in [0.5, 0.6) is 0 Å². The van der Waals surface area contributed by atoms with Crippen molar-refractivity contribution in [1.82, 2.24) is 5.32 Å². The number of ether oxygens (including phenoxy) is 1. The zero-order valence-electron chi connectivity index (χ0n) is 20.3. The predicted octanol–water partition coefficient (Wildman–Crippen LogP) is 5.50. The van der Waals surface area contributed by atoms with Crippen LogP contribution in [0.3, 0.4) is 0 Å². The second-order valence-electron chi connectivity index (χ2n) is 7.80. The van der Waals surface area contributed by atoms with Gasteiger partial charge in [0.15, 0.2) is 5.78 Å². The smallest absolute Gasteiger partial charge is 0.313 e. The minimum absolute atomic E-state index is 0.0492. The standard InChI is InChI=1S/C28H24ClFN2O5S/c1-2-37-26(34)15-20(33)17-38-21-13-11-19(12-14-21)31-28(36)25(16-22-23(29)9-6-10-24(22)30)32-27(35)18-7-4-3-5-8-18/h3-14,16H,2,15,17H2,1H3,(H,31,36)(H,32,35)/b25-16-. The van der Waals surface area contributed by atoms with Gasteiger partial charge in [0.25, 0.3) is 11.8 Å². The fourth-order valence-electron chi connectivity index (χ4n) is 3.16. The van der Waals surface area contributed by atoms with Crippen molar-refractivity contribution in [3.05, 3.63) is 100 Å². The molecular formula is C28H24ClFN2O5S. The van der Waals surface area contributed by atoms with Crippen LogP contribution < -0.4 is 10.6 Å². The summed E-state index contributed by atoms with van der Waals surface area (Å²) in [5.74, 6) is -2.64. The summed E-state index contributed by atoms with van der Waals surface area (Å²) < 4.78 is 19.2. The number of benzene rings is 3. The molecule has 0 heterocycles. The van der Waals surface area contributed by atoms with Gasteiger partial charge >= 0.3 is 5.97 Å². The van der Waals surface area contributed by atoms with Gasteiger partial charge in [-0.15, -0.1) is 11.8 Å². The average molecular weight is 555 g/mol. The van der Waals surface area contributed by atoms with Gasteiger partial charge < -0.3 is 15.4 Å². The van der Waals surface area contributed by atoms with E-state index in [0.717, 1.165) is 4.90 Å². The van der Waals surface area contributed by atoms with Crippen LogP contribution in [-0.4, -0.2) is 35.9 Å². The number of hydrogen-bond donors (Lipinski definition) is 2. The van der Waals surface area contributed by atoms with E-state index >= 15 is 0 Å². The lowest BCUT2D eigenvalue weighted by atomic mass is 10.1. The van der Waals surface area contributed by atoms with E-state index in [2.05, 4.69) is 10.6 Å². The van der Waals surface area contributed by atoms with Crippen LogP contribution in [0.2, 0.25) is 5.02 Å². The van der Waals surface area contributed by atoms with E-state index < -0.39 is 23.6 Å². The SMILES string of the molecule is CCOC(=O)CC(=O)CSc1ccc(NC(=O)/C(=C/c2c(F)cccc2Cl)NC(=O)c2ccccc2)cc1. The predicted molar refractivity (Wildman–Crippen MR) is 145 cm³/mol. The lowest BCUT2D eigenvalue weighted by molar-refractivity contribution is -0.145. The molecule has 10 heteroatoms. The van der Waals surface area contributed by atoms with Crippen LogP contribution in [0.25, 0.3) is 6.08 Å². The zero-order chi connectivity index (χ0) is 27.5. The number of ketones is 1. The molecule has 0 bridgehead atoms. The zero-order valence-corrected chi connectivity index (χ0v) is 21.9. The summed E-state index contributed by atoms with van der Waals surface area (Å²) in [6.07, 6.45) is 0.887. The Bertz CT molecular complexity index is 1330. The Morgan fingerprint density at radius 1 is 0.974 bits per heavy atom. The fraction of sp³-hybridized carbons (Fsp3) is 0.143. The Hall–Kier alpha value is -3.95. The van der Waals surface area contributed by atoms with Crippen molar-refractivity contribution in [1.29, 1.82) is 0 Å². The van der Waals surface area contributed by atoms with Crippen molar-refractivity contribution in [2.75, 3.05) is 17.7 Å². The summed E-state index contributed by atoms with van der Waals surface area (Å²) in [4.78, 5) is 49.9. The average Bonchev–Trinajstić information content (AvgIpc) is 2.90. The largest absolute Gasteiger partial charge is 0.466 e. The number of anilines is 1. The quantitative estimate of drug-likeness (QED) is 0.140. The summed E-state index contributed by atoms with van der Waals surface area (Å²) in [5, 5.41) is 5.27. The third-order valence-electron chi connectivity index (χ3n) is 4.98. The summed E-state index contributed by atoms with van der Waals surface area (Å²) in [6, 6.07) is 19.0. The molecule has 0 aromatic heterocycles. The molecule has 0 fully saturated rings. The molecule has 0 aliphatic rings. The number of esters is 1. The molecule has 3 aromatic rings. The highest BCUT2D eigenvalue weighted by Gasteiger charge is 2.17. The van der Waals surface area contributed by atoms with E-state index in [1.165, 1.54) is 36.0 Å². The summed E-state index contributed by atoms with van der Waals surface area (Å²) in [7, 11) is 0. The van der Waals surface area contributed by atoms with E-state index in [9.17, 15) is 23.6 Å². The Balaban J connectivity index is 1.72. The van der Waals surface area contributed by atoms with Gasteiger partial charge in [0.05, 0.1) is 17.4 Å². The monoisotopic (exact) mass is 554 g/mol. The number of thioether (sulfide) groups is 1. The van der Waals surface area contributed by atoms with Crippen LogP contribution in [0.4, 0.5) is 10.1 Å². The molecule has 7 nitrogen and oxygen atoms in total. The number of Topliss-reactive ketones (excluding diaryl/α,β-unsaturated/α-hetero) is 1. The van der Waals surface area contributed by atoms with Crippen molar-refractivity contribution in [2.45, 2.75) is 18.2 Å². The van der Waals surface area contributed by atoms with Gasteiger partial charge in [-0.05, 0) is 61.5 Å². The maximum Gasteiger partial charge on any atom is 0.313 e. The van der Waals surface area contributed by atoms with Gasteiger partial charge in [-0.25, -0.2) is 4.39 Å². The van der Waals surface area contributed by atoms with E-state index in [-0.39, 0.29) is 40.8 Å². The molecule has 38 heavy (non-hydrogen) atoms. The number of carbonyl (C=O) groups is 4. The normalized spacial score (nSPS) is 11.0. The Morgan fingerprint density at radius 3 is 2.34 bits per heavy atom. The maximum absolute atomic E-state index is 14.4. The van der Waals surface area contributed by atoms with E-state index in [4.69, 9.17) is 16.3 Å². The molecule has 196 valence electrons. The molecule has 0 aliphatic carbocycles. The number of halogens is 2. The van der Waals surface area contributed by atoms with Crippen molar-refractivity contribution in [2.24, 2.45) is 0 Å². The first-order chi connectivity index (χ1) is 18.3. The number of carbonyl (C=O) groups excluding carboxylic acids is 4. The summed E-state index contributed by atoms with van der Waals surface area (Å²) in [5.41, 5.74) is 0.446. The van der Waals surface area contributed by atoms with Crippen LogP contribution in [0, 0.1) is 5.82 Å². The molecule has 2 N–H and O–H groups in total. The van der Waals surface area contributed by atoms with Gasteiger partial charge in [-0.2, -0.15) is 0 Å². The minimum atomic E-state index is -0.696. The second kappa shape index (κ2) is 14.1. The molecule has 3 rings (SSSR count). The minimum Gasteiger partial charge on any atom is -0.466 e. The van der Waals surface area contributed by atoms with Crippen molar-refractivity contribution in [3.8, 4) is 0 Å². The molecule has 0 saturated carbocycles. The molecular weight excluding hydrogens is 531 g/mol. The number of hydrogen-bond acceptors (Lipinski definition) is 6. The molecule has 0 saturated heterocycles. The summed E-state index contributed by atoms with van der Waals surface area (Å²) >= 11 is 7.36. The molecule has 0 radical (unpaired) electrons. The first kappa shape index (κ1) is 28.6. The van der Waals surface area contributed by atoms with Gasteiger partial charge in [-0.3, -0.25) is 19.2 Å². The molecule has 0 atom stereocenters. The highest BCUT2D eigenvalue weighted by Crippen LogP contribution is 2.23. The molecule has 3 aromatic carbocycles. The highest BCUT2D eigenvalue weighted by molar-refractivity contribution is 8.00. The molecule has 0 unspecified atom stereocenters. The van der Waals surface area contributed by atoms with Gasteiger partial charge in [0.1, 0.15) is 17.9 Å². The first-order valence-electron chi connectivity index (χ1n) is 11.5. The maximum atomic E-state index is 14.4. The van der Waals surface area contributed by atoms with E-state index in [1.54, 1.807) is 61.5 Å². The number of nitrogens with one attached hydrogen (secondary N) is 2. The van der Waals surface area contributed by atoms with Crippen molar-refractivity contribution in [3.63, 3.8) is 0 Å². The third-order valence-corrected chi connectivity index (χ3v) is 6.38. The van der Waals surface area contributed by atoms with Gasteiger partial charge in [0, 0.05) is 21.7 Å². The van der Waals surface area contributed by atoms with Crippen LogP contribution in [0.15, 0.2) is 83.4 Å². The Morgan fingerprint density at radius 2 is 1.68 bits per heavy atom. The lowest BCUT2D eigenvalue weighted by Crippen LogP contribution is -2.30. The van der Waals surface area contributed by atoms with Crippen molar-refractivity contribution >= 4 is 58.7 Å². The Labute approximate surface area is 228 Å². The molecule has 2 amide bonds. The van der Waals surface area contributed by atoms with Crippen LogP contribution >= 0.6 is 23.4 Å². The lowest BCUT2D eigenvalue weighted by Gasteiger charge is -2.12. The third kappa shape index (κ3) is 8.57. The van der Waals surface area contributed by atoms with Crippen LogP contribution in [-0.2, 0) is 19.1 Å². The topological polar surface area (TPSA) is 102 Å². The first-order valence-corrected chi connectivity index (χ1v) is 12.9. The number of amides is 2. The Kier molecular flexibility index (Phi) is 10.6. The van der Waals surface area contributed by atoms with Crippen LogP contribution in [0.1, 0.15) is 29.3 Å². The molecule has 0 spiro atoms. The van der Waals surface area contributed by atoms with E-state index in [0.29, 0.717) is 11.3 Å². The van der Waals surface area contributed by atoms with E-state index in [1.807, 2.05) is 0 Å². The molecule has 0 aliphatic heterocycles. The van der Waals surface area contributed by atoms with Gasteiger partial charge in [0.2, 0.25) is 0 Å². The number of rotatable bonds is 11.